The molecule has 0 aromatic heterocycles. The number of hydrogen-bond acceptors (Lipinski definition) is 3. The molecule has 1 heterocycles. The van der Waals surface area contributed by atoms with Crippen molar-refractivity contribution in [1.82, 2.24) is 4.90 Å². The third-order valence-corrected chi connectivity index (χ3v) is 2.44. The molecule has 0 spiro atoms. The van der Waals surface area contributed by atoms with Gasteiger partial charge >= 0.3 is 0 Å². The average Bonchev–Trinajstić information content (AvgIpc) is 2.05. The van der Waals surface area contributed by atoms with Crippen molar-refractivity contribution in [3.63, 3.8) is 0 Å². The van der Waals surface area contributed by atoms with Crippen LogP contribution in [0.3, 0.4) is 0 Å². The molecule has 0 aromatic rings. The van der Waals surface area contributed by atoms with Crippen molar-refractivity contribution in [1.29, 1.82) is 0 Å². The van der Waals surface area contributed by atoms with Crippen molar-refractivity contribution >= 4 is 0 Å². The highest BCUT2D eigenvalue weighted by Crippen LogP contribution is 2.10. The number of piperidine rings is 1. The Morgan fingerprint density at radius 3 is 2.91 bits per heavy atom. The van der Waals surface area contributed by atoms with Crippen LogP contribution in [0, 0.1) is 0 Å². The van der Waals surface area contributed by atoms with Gasteiger partial charge in [-0.2, -0.15) is 0 Å². The molecule has 3 heteroatoms. The number of nitrogens with zero attached hydrogens (tertiary/aromatic N) is 1. The second-order valence-electron chi connectivity index (χ2n) is 3.12. The fraction of sp³-hybridized carbons (Fsp3) is 1.00. The highest BCUT2D eigenvalue weighted by Gasteiger charge is 2.24. The molecule has 2 atom stereocenters. The molecule has 1 aliphatic rings. The van der Waals surface area contributed by atoms with E-state index in [1.165, 1.54) is 0 Å². The first-order valence-corrected chi connectivity index (χ1v) is 4.28. The summed E-state index contributed by atoms with van der Waals surface area (Å²) in [7, 11) is 1.74. The van der Waals surface area contributed by atoms with Gasteiger partial charge < -0.3 is 15.4 Å². The average molecular weight is 158 g/mol. The molecule has 66 valence electrons. The molecule has 2 N–H and O–H groups in total. The molecule has 1 rings (SSSR count). The maximum absolute atomic E-state index is 5.85. The third kappa shape index (κ3) is 2.15. The summed E-state index contributed by atoms with van der Waals surface area (Å²) in [6.07, 6.45) is 1.30. The second-order valence-corrected chi connectivity index (χ2v) is 3.12. The number of nitrogens with two attached hydrogens (primary N) is 1. The van der Waals surface area contributed by atoms with Gasteiger partial charge in [-0.05, 0) is 19.5 Å². The van der Waals surface area contributed by atoms with Crippen LogP contribution in [0.4, 0.5) is 0 Å². The predicted molar refractivity (Wildman–Crippen MR) is 45.5 cm³/mol. The quantitative estimate of drug-likeness (QED) is 0.617. The van der Waals surface area contributed by atoms with Crippen LogP contribution in [0.5, 0.6) is 0 Å². The van der Waals surface area contributed by atoms with E-state index in [2.05, 4.69) is 11.8 Å². The molecule has 1 saturated heterocycles. The van der Waals surface area contributed by atoms with E-state index in [-0.39, 0.29) is 12.1 Å². The summed E-state index contributed by atoms with van der Waals surface area (Å²) in [5.74, 6) is 0. The first-order valence-electron chi connectivity index (χ1n) is 4.28. The van der Waals surface area contributed by atoms with Crippen LogP contribution in [-0.4, -0.2) is 43.8 Å². The first kappa shape index (κ1) is 8.97. The van der Waals surface area contributed by atoms with Crippen LogP contribution < -0.4 is 5.73 Å². The van der Waals surface area contributed by atoms with Gasteiger partial charge in [0.15, 0.2) is 0 Å². The smallest absolute Gasteiger partial charge is 0.0849 e. The fourth-order valence-electron chi connectivity index (χ4n) is 1.54. The summed E-state index contributed by atoms with van der Waals surface area (Å²) in [6.45, 7) is 5.39. The molecule has 0 radical (unpaired) electrons. The van der Waals surface area contributed by atoms with Gasteiger partial charge in [-0.1, -0.05) is 6.92 Å². The van der Waals surface area contributed by atoms with Gasteiger partial charge in [-0.25, -0.2) is 0 Å². The molecule has 0 bridgehead atoms. The number of hydrogen-bond donors (Lipinski definition) is 1. The lowest BCUT2D eigenvalue weighted by molar-refractivity contribution is 0.0186. The van der Waals surface area contributed by atoms with Crippen LogP contribution in [0.1, 0.15) is 13.3 Å². The normalized spacial score (nSPS) is 34.1. The monoisotopic (exact) mass is 158 g/mol. The lowest BCUT2D eigenvalue weighted by Gasteiger charge is -2.35. The van der Waals surface area contributed by atoms with Crippen LogP contribution in [-0.2, 0) is 4.74 Å². The van der Waals surface area contributed by atoms with Crippen molar-refractivity contribution in [2.45, 2.75) is 25.5 Å². The summed E-state index contributed by atoms with van der Waals surface area (Å²) >= 11 is 0. The molecule has 3 nitrogen and oxygen atoms in total. The lowest BCUT2D eigenvalue weighted by atomic mass is 10.0. The number of likely N-dealkylation sites (N-methyl/N-ethyl adjacent to an activating group) is 1. The van der Waals surface area contributed by atoms with Crippen LogP contribution in [0.15, 0.2) is 0 Å². The van der Waals surface area contributed by atoms with Gasteiger partial charge in [0.05, 0.1) is 6.10 Å². The summed E-state index contributed by atoms with van der Waals surface area (Å²) < 4.78 is 5.27. The van der Waals surface area contributed by atoms with E-state index in [9.17, 15) is 0 Å². The molecule has 0 saturated carbocycles. The zero-order valence-electron chi connectivity index (χ0n) is 7.42. The molecule has 0 amide bonds. The minimum Gasteiger partial charge on any atom is -0.379 e. The summed E-state index contributed by atoms with van der Waals surface area (Å²) in [6, 6.07) is 0.239. The molecule has 0 unspecified atom stereocenters. The van der Waals surface area contributed by atoms with Gasteiger partial charge in [0, 0.05) is 19.7 Å². The topological polar surface area (TPSA) is 38.5 Å². The molecule has 11 heavy (non-hydrogen) atoms. The van der Waals surface area contributed by atoms with Gasteiger partial charge in [0.1, 0.15) is 0 Å². The Hall–Kier alpha value is -0.120. The van der Waals surface area contributed by atoms with Crippen LogP contribution >= 0.6 is 0 Å². The SMILES string of the molecule is CCN1CC[C@@H](N)[C@H](OC)C1. The maximum Gasteiger partial charge on any atom is 0.0849 e. The summed E-state index contributed by atoms with van der Waals surface area (Å²) in [4.78, 5) is 2.37. The van der Waals surface area contributed by atoms with E-state index in [0.29, 0.717) is 0 Å². The number of ether oxygens (including phenoxy) is 1. The molecule has 1 fully saturated rings. The molecular weight excluding hydrogens is 140 g/mol. The third-order valence-electron chi connectivity index (χ3n) is 2.44. The van der Waals surface area contributed by atoms with Crippen LogP contribution in [0.25, 0.3) is 0 Å². The van der Waals surface area contributed by atoms with Crippen LogP contribution in [0.2, 0.25) is 0 Å². The number of rotatable bonds is 2. The Bertz CT molecular complexity index is 119. The Morgan fingerprint density at radius 2 is 2.36 bits per heavy atom. The van der Waals surface area contributed by atoms with Gasteiger partial charge in [0.2, 0.25) is 0 Å². The Morgan fingerprint density at radius 1 is 1.64 bits per heavy atom. The minimum atomic E-state index is 0.239. The predicted octanol–water partition coefficient (Wildman–Crippen LogP) is 0.0543. The van der Waals surface area contributed by atoms with Crippen molar-refractivity contribution < 1.29 is 4.74 Å². The van der Waals surface area contributed by atoms with E-state index in [1.54, 1.807) is 7.11 Å². The van der Waals surface area contributed by atoms with Crippen molar-refractivity contribution in [3.05, 3.63) is 0 Å². The van der Waals surface area contributed by atoms with Crippen molar-refractivity contribution in [2.24, 2.45) is 5.73 Å². The highest BCUT2D eigenvalue weighted by molar-refractivity contribution is 4.82. The second kappa shape index (κ2) is 4.04. The van der Waals surface area contributed by atoms with E-state index < -0.39 is 0 Å². The molecular formula is C8H18N2O. The largest absolute Gasteiger partial charge is 0.379 e. The van der Waals surface area contributed by atoms with E-state index in [1.807, 2.05) is 0 Å². The lowest BCUT2D eigenvalue weighted by Crippen LogP contribution is -2.51. The van der Waals surface area contributed by atoms with Crippen molar-refractivity contribution in [2.75, 3.05) is 26.7 Å². The Kier molecular flexibility index (Phi) is 3.30. The number of likely N-dealkylation sites (tertiary alicyclic amines) is 1. The molecule has 0 aromatic carbocycles. The zero-order valence-corrected chi connectivity index (χ0v) is 7.42. The van der Waals surface area contributed by atoms with Gasteiger partial charge in [-0.15, -0.1) is 0 Å². The fourth-order valence-corrected chi connectivity index (χ4v) is 1.54. The van der Waals surface area contributed by atoms with E-state index in [0.717, 1.165) is 26.1 Å². The van der Waals surface area contributed by atoms with E-state index >= 15 is 0 Å². The maximum atomic E-state index is 5.85. The highest BCUT2D eigenvalue weighted by atomic mass is 16.5. The Balaban J connectivity index is 2.37. The number of methoxy groups -OCH3 is 1. The summed E-state index contributed by atoms with van der Waals surface area (Å²) in [5.41, 5.74) is 5.85. The van der Waals surface area contributed by atoms with Crippen molar-refractivity contribution in [3.8, 4) is 0 Å². The Labute approximate surface area is 68.5 Å². The summed E-state index contributed by atoms with van der Waals surface area (Å²) in [5, 5.41) is 0. The molecule has 1 aliphatic heterocycles. The van der Waals surface area contributed by atoms with E-state index in [4.69, 9.17) is 10.5 Å². The first-order chi connectivity index (χ1) is 5.27. The zero-order chi connectivity index (χ0) is 8.27. The standard InChI is InChI=1S/C8H18N2O/c1-3-10-5-4-7(9)8(6-10)11-2/h7-8H,3-6,9H2,1-2H3/t7-,8-/m1/s1. The van der Waals surface area contributed by atoms with Gasteiger partial charge in [-0.3, -0.25) is 0 Å². The van der Waals surface area contributed by atoms with Gasteiger partial charge in [0.25, 0.3) is 0 Å². The molecule has 0 aliphatic carbocycles. The minimum absolute atomic E-state index is 0.239.